The van der Waals surface area contributed by atoms with E-state index in [0.717, 1.165) is 33.8 Å². The van der Waals surface area contributed by atoms with Crippen molar-refractivity contribution in [2.45, 2.75) is 52.5 Å². The van der Waals surface area contributed by atoms with Gasteiger partial charge in [0.2, 0.25) is 0 Å². The zero-order valence-corrected chi connectivity index (χ0v) is 20.2. The number of carbonyl (C=O) groups is 1. The number of aryl methyl sites for hydroxylation is 2. The topological polar surface area (TPSA) is 81.0 Å². The summed E-state index contributed by atoms with van der Waals surface area (Å²) in [6, 6.07) is 10.4. The second-order valence-electron chi connectivity index (χ2n) is 7.82. The zero-order chi connectivity index (χ0) is 25.6. The van der Waals surface area contributed by atoms with E-state index in [9.17, 15) is 18.0 Å². The van der Waals surface area contributed by atoms with Gasteiger partial charge in [0.1, 0.15) is 10.8 Å². The fraction of sp³-hybridized carbons (Fsp3) is 0.320. The highest BCUT2D eigenvalue weighted by Gasteiger charge is 2.30. The van der Waals surface area contributed by atoms with Crippen LogP contribution < -0.4 is 4.74 Å². The van der Waals surface area contributed by atoms with Gasteiger partial charge in [-0.2, -0.15) is 13.2 Å². The minimum Gasteiger partial charge on any atom is -0.479 e. The van der Waals surface area contributed by atoms with Crippen molar-refractivity contribution in [2.75, 3.05) is 0 Å². The summed E-state index contributed by atoms with van der Waals surface area (Å²) in [5.74, 6) is -0.469. The summed E-state index contributed by atoms with van der Waals surface area (Å²) in [7, 11) is 0. The van der Waals surface area contributed by atoms with Crippen molar-refractivity contribution in [3.8, 4) is 16.3 Å². The first-order valence-corrected chi connectivity index (χ1v) is 11.7. The molecule has 0 amide bonds. The highest BCUT2D eigenvalue weighted by atomic mass is 32.1. The van der Waals surface area contributed by atoms with E-state index in [1.165, 1.54) is 23.5 Å². The molecular formula is C25H25F3N2O4S. The monoisotopic (exact) mass is 506 g/mol. The number of benzene rings is 2. The number of carboxylic acid groups (broad SMARTS) is 1. The summed E-state index contributed by atoms with van der Waals surface area (Å²) < 4.78 is 43.8. The van der Waals surface area contributed by atoms with Crippen LogP contribution in [0.4, 0.5) is 13.2 Å². The first kappa shape index (κ1) is 26.2. The maximum atomic E-state index is 12.8. The number of hydrogen-bond donors (Lipinski definition) is 1. The summed E-state index contributed by atoms with van der Waals surface area (Å²) >= 11 is 1.35. The maximum absolute atomic E-state index is 12.8. The van der Waals surface area contributed by atoms with Crippen molar-refractivity contribution < 1.29 is 32.6 Å². The van der Waals surface area contributed by atoms with Crippen LogP contribution in [-0.4, -0.2) is 28.4 Å². The van der Waals surface area contributed by atoms with Gasteiger partial charge in [-0.25, -0.2) is 9.78 Å². The van der Waals surface area contributed by atoms with Crippen molar-refractivity contribution in [2.24, 2.45) is 5.16 Å². The molecule has 0 radical (unpaired) electrons. The number of nitrogens with zero attached hydrogens (tertiary/aromatic N) is 2. The number of thiazole rings is 1. The van der Waals surface area contributed by atoms with E-state index in [2.05, 4.69) is 10.1 Å². The van der Waals surface area contributed by atoms with Crippen LogP contribution in [0.3, 0.4) is 0 Å². The lowest BCUT2D eigenvalue weighted by Crippen LogP contribution is -2.26. The van der Waals surface area contributed by atoms with E-state index in [1.54, 1.807) is 19.2 Å². The van der Waals surface area contributed by atoms with Crippen molar-refractivity contribution in [3.05, 3.63) is 69.7 Å². The molecule has 186 valence electrons. The first-order valence-electron chi connectivity index (χ1n) is 10.8. The Morgan fingerprint density at radius 2 is 1.91 bits per heavy atom. The Labute approximate surface area is 205 Å². The molecular weight excluding hydrogens is 481 g/mol. The molecule has 1 atom stereocenters. The summed E-state index contributed by atoms with van der Waals surface area (Å²) in [5.41, 5.74) is 2.43. The van der Waals surface area contributed by atoms with E-state index in [4.69, 9.17) is 14.7 Å². The van der Waals surface area contributed by atoms with E-state index >= 15 is 0 Å². The van der Waals surface area contributed by atoms with Gasteiger partial charge < -0.3 is 14.7 Å². The fourth-order valence-electron chi connectivity index (χ4n) is 3.21. The average Bonchev–Trinajstić information content (AvgIpc) is 3.18. The van der Waals surface area contributed by atoms with Crippen molar-refractivity contribution in [1.82, 2.24) is 4.98 Å². The molecule has 1 aromatic heterocycles. The first-order chi connectivity index (χ1) is 16.6. The average molecular weight is 507 g/mol. The number of halogens is 3. The molecule has 10 heteroatoms. The van der Waals surface area contributed by atoms with Crippen LogP contribution in [0, 0.1) is 13.8 Å². The smallest absolute Gasteiger partial charge is 0.416 e. The van der Waals surface area contributed by atoms with Crippen LogP contribution in [0.25, 0.3) is 10.6 Å². The Balaban J connectivity index is 1.54. The van der Waals surface area contributed by atoms with Gasteiger partial charge in [0.15, 0.2) is 12.7 Å². The van der Waals surface area contributed by atoms with Gasteiger partial charge in [-0.3, -0.25) is 0 Å². The third kappa shape index (κ3) is 7.05. The predicted molar refractivity (Wildman–Crippen MR) is 128 cm³/mol. The van der Waals surface area contributed by atoms with Crippen LogP contribution in [0.2, 0.25) is 0 Å². The SMILES string of the molecule is CCC(Oc1ccc(CC=NOCc2sc(-c3ccc(C(F)(F)F)cc3)nc2C)cc1C)C(=O)O. The lowest BCUT2D eigenvalue weighted by Gasteiger charge is -2.15. The summed E-state index contributed by atoms with van der Waals surface area (Å²) in [6.45, 7) is 5.61. The number of rotatable bonds is 10. The third-order valence-electron chi connectivity index (χ3n) is 5.18. The third-order valence-corrected chi connectivity index (χ3v) is 6.36. The molecule has 0 aliphatic rings. The molecule has 1 heterocycles. The molecule has 0 aliphatic carbocycles. The molecule has 2 aromatic carbocycles. The van der Waals surface area contributed by atoms with Gasteiger partial charge in [-0.05, 0) is 49.6 Å². The molecule has 0 saturated heterocycles. The molecule has 1 N–H and O–H groups in total. The summed E-state index contributed by atoms with van der Waals surface area (Å²) in [6.07, 6.45) is -2.76. The van der Waals surface area contributed by atoms with Gasteiger partial charge in [0, 0.05) is 18.2 Å². The lowest BCUT2D eigenvalue weighted by atomic mass is 10.1. The van der Waals surface area contributed by atoms with Crippen LogP contribution in [0.1, 0.15) is 40.6 Å². The number of alkyl halides is 3. The maximum Gasteiger partial charge on any atom is 0.416 e. The number of aliphatic carboxylic acids is 1. The minimum absolute atomic E-state index is 0.194. The van der Waals surface area contributed by atoms with Gasteiger partial charge >= 0.3 is 12.1 Å². The Morgan fingerprint density at radius 3 is 2.51 bits per heavy atom. The summed E-state index contributed by atoms with van der Waals surface area (Å²) in [4.78, 5) is 21.8. The molecule has 3 rings (SSSR count). The lowest BCUT2D eigenvalue weighted by molar-refractivity contribution is -0.145. The fourth-order valence-corrected chi connectivity index (χ4v) is 4.19. The minimum atomic E-state index is -4.37. The van der Waals surface area contributed by atoms with E-state index in [0.29, 0.717) is 29.2 Å². The molecule has 0 aliphatic heterocycles. The Morgan fingerprint density at radius 1 is 1.20 bits per heavy atom. The Bertz CT molecular complexity index is 1190. The van der Waals surface area contributed by atoms with E-state index in [-0.39, 0.29) is 6.61 Å². The van der Waals surface area contributed by atoms with Gasteiger partial charge in [-0.15, -0.1) is 11.3 Å². The molecule has 0 bridgehead atoms. The normalized spacial score (nSPS) is 12.6. The number of oxime groups is 1. The molecule has 35 heavy (non-hydrogen) atoms. The van der Waals surface area contributed by atoms with Crippen LogP contribution in [0.15, 0.2) is 47.6 Å². The van der Waals surface area contributed by atoms with Crippen LogP contribution >= 0.6 is 11.3 Å². The Hall–Kier alpha value is -3.40. The molecule has 3 aromatic rings. The van der Waals surface area contributed by atoms with Crippen LogP contribution in [0.5, 0.6) is 5.75 Å². The highest BCUT2D eigenvalue weighted by molar-refractivity contribution is 7.15. The van der Waals surface area contributed by atoms with Crippen LogP contribution in [-0.2, 0) is 28.8 Å². The predicted octanol–water partition coefficient (Wildman–Crippen LogP) is 6.43. The largest absolute Gasteiger partial charge is 0.479 e. The Kier molecular flexibility index (Phi) is 8.50. The van der Waals surface area contributed by atoms with E-state index in [1.807, 2.05) is 26.0 Å². The second-order valence-corrected chi connectivity index (χ2v) is 8.90. The number of carboxylic acids is 1. The summed E-state index contributed by atoms with van der Waals surface area (Å²) in [5, 5.41) is 13.7. The molecule has 1 unspecified atom stereocenters. The van der Waals surface area contributed by atoms with Gasteiger partial charge in [-0.1, -0.05) is 36.3 Å². The van der Waals surface area contributed by atoms with Crippen molar-refractivity contribution in [3.63, 3.8) is 0 Å². The van der Waals surface area contributed by atoms with Gasteiger partial charge in [0.25, 0.3) is 0 Å². The number of hydrogen-bond acceptors (Lipinski definition) is 6. The standard InChI is InChI=1S/C25H25F3N2O4S/c1-4-20(24(31)32)34-21-10-5-17(13-15(21)2)11-12-29-33-14-22-16(3)30-23(35-22)18-6-8-19(9-7-18)25(26,27)28/h5-10,12-13,20H,4,11,14H2,1-3H3,(H,31,32). The van der Waals surface area contributed by atoms with Crippen molar-refractivity contribution in [1.29, 1.82) is 0 Å². The van der Waals surface area contributed by atoms with Crippen molar-refractivity contribution >= 4 is 23.5 Å². The second kappa shape index (κ2) is 11.4. The quantitative estimate of drug-likeness (QED) is 0.253. The molecule has 0 saturated carbocycles. The molecule has 0 fully saturated rings. The number of aromatic nitrogens is 1. The highest BCUT2D eigenvalue weighted by Crippen LogP contribution is 2.33. The number of ether oxygens (including phenoxy) is 1. The van der Waals surface area contributed by atoms with E-state index < -0.39 is 23.8 Å². The zero-order valence-electron chi connectivity index (χ0n) is 19.4. The van der Waals surface area contributed by atoms with Gasteiger partial charge in [0.05, 0.1) is 16.1 Å². The molecule has 0 spiro atoms. The molecule has 6 nitrogen and oxygen atoms in total.